The van der Waals surface area contributed by atoms with E-state index in [1.807, 2.05) is 11.9 Å². The van der Waals surface area contributed by atoms with Gasteiger partial charge < -0.3 is 15.1 Å². The zero-order chi connectivity index (χ0) is 21.7. The number of hydrogen-bond donors (Lipinski definition) is 1. The Morgan fingerprint density at radius 3 is 2.50 bits per heavy atom. The SMILES string of the molecule is CC(C)N1CCC(N(C)C(=O)c2cccnc2CC(=O)Nc2ccc(Cl)cc2)CC1. The predicted molar refractivity (Wildman–Crippen MR) is 120 cm³/mol. The van der Waals surface area contributed by atoms with Crippen molar-refractivity contribution < 1.29 is 9.59 Å². The molecule has 1 aliphatic heterocycles. The maximum atomic E-state index is 13.2. The summed E-state index contributed by atoms with van der Waals surface area (Å²) in [6, 6.07) is 11.1. The zero-order valence-electron chi connectivity index (χ0n) is 17.8. The van der Waals surface area contributed by atoms with Gasteiger partial charge in [0, 0.05) is 49.1 Å². The van der Waals surface area contributed by atoms with Crippen LogP contribution in [0.15, 0.2) is 42.6 Å². The molecule has 1 saturated heterocycles. The molecule has 0 radical (unpaired) electrons. The standard InChI is InChI=1S/C23H29ClN4O2/c1-16(2)28-13-10-19(11-14-28)27(3)23(30)20-5-4-12-25-21(20)15-22(29)26-18-8-6-17(24)7-9-18/h4-9,12,16,19H,10-11,13-15H2,1-3H3,(H,26,29). The van der Waals surface area contributed by atoms with Gasteiger partial charge in [-0.15, -0.1) is 0 Å². The quantitative estimate of drug-likeness (QED) is 0.758. The highest BCUT2D eigenvalue weighted by molar-refractivity contribution is 6.30. The lowest BCUT2D eigenvalue weighted by Crippen LogP contribution is -2.47. The number of anilines is 1. The van der Waals surface area contributed by atoms with E-state index in [4.69, 9.17) is 11.6 Å². The molecule has 160 valence electrons. The molecule has 0 spiro atoms. The molecule has 1 aromatic carbocycles. The largest absolute Gasteiger partial charge is 0.339 e. The Balaban J connectivity index is 1.66. The number of nitrogens with zero attached hydrogens (tertiary/aromatic N) is 3. The van der Waals surface area contributed by atoms with Crippen LogP contribution in [0.4, 0.5) is 5.69 Å². The van der Waals surface area contributed by atoms with E-state index in [9.17, 15) is 9.59 Å². The van der Waals surface area contributed by atoms with Gasteiger partial charge >= 0.3 is 0 Å². The summed E-state index contributed by atoms with van der Waals surface area (Å²) in [7, 11) is 1.85. The molecule has 0 atom stereocenters. The van der Waals surface area contributed by atoms with E-state index < -0.39 is 0 Å². The van der Waals surface area contributed by atoms with Gasteiger partial charge in [-0.1, -0.05) is 11.6 Å². The molecule has 1 aromatic heterocycles. The maximum Gasteiger partial charge on any atom is 0.255 e. The lowest BCUT2D eigenvalue weighted by atomic mass is 10.0. The summed E-state index contributed by atoms with van der Waals surface area (Å²) < 4.78 is 0. The molecule has 0 bridgehead atoms. The number of benzene rings is 1. The number of halogens is 1. The molecule has 6 nitrogen and oxygen atoms in total. The monoisotopic (exact) mass is 428 g/mol. The third-order valence-electron chi connectivity index (χ3n) is 5.67. The minimum atomic E-state index is -0.224. The van der Waals surface area contributed by atoms with Gasteiger partial charge in [0.05, 0.1) is 17.7 Å². The molecule has 2 aromatic rings. The number of carbonyl (C=O) groups is 2. The molecular weight excluding hydrogens is 400 g/mol. The second-order valence-corrected chi connectivity index (χ2v) is 8.44. The number of piperidine rings is 1. The Morgan fingerprint density at radius 1 is 1.20 bits per heavy atom. The minimum Gasteiger partial charge on any atom is -0.339 e. The molecule has 1 N–H and O–H groups in total. The molecule has 1 fully saturated rings. The smallest absolute Gasteiger partial charge is 0.255 e. The molecule has 3 rings (SSSR count). The van der Waals surface area contributed by atoms with Crippen LogP contribution in [-0.4, -0.2) is 58.8 Å². The Labute approximate surface area is 183 Å². The molecule has 2 heterocycles. The average molecular weight is 429 g/mol. The number of likely N-dealkylation sites (tertiary alicyclic amines) is 1. The van der Waals surface area contributed by atoms with Crippen LogP contribution in [0.1, 0.15) is 42.7 Å². The molecule has 0 saturated carbocycles. The number of carbonyl (C=O) groups excluding carboxylic acids is 2. The second kappa shape index (κ2) is 10.0. The van der Waals surface area contributed by atoms with Crippen LogP contribution in [0.2, 0.25) is 5.02 Å². The van der Waals surface area contributed by atoms with Crippen LogP contribution in [-0.2, 0) is 11.2 Å². The molecule has 7 heteroatoms. The number of amides is 2. The molecule has 0 aliphatic carbocycles. The number of aromatic nitrogens is 1. The summed E-state index contributed by atoms with van der Waals surface area (Å²) in [5.41, 5.74) is 1.63. The van der Waals surface area contributed by atoms with Crippen molar-refractivity contribution in [3.63, 3.8) is 0 Å². The van der Waals surface area contributed by atoms with E-state index in [-0.39, 0.29) is 24.3 Å². The summed E-state index contributed by atoms with van der Waals surface area (Å²) in [5.74, 6) is -0.307. The summed E-state index contributed by atoms with van der Waals surface area (Å²) in [6.07, 6.45) is 3.55. The third kappa shape index (κ3) is 5.58. The maximum absolute atomic E-state index is 13.2. The van der Waals surface area contributed by atoms with Crippen LogP contribution in [0, 0.1) is 0 Å². The van der Waals surface area contributed by atoms with Gasteiger partial charge in [0.25, 0.3) is 5.91 Å². The van der Waals surface area contributed by atoms with Gasteiger partial charge in [-0.25, -0.2) is 0 Å². The van der Waals surface area contributed by atoms with Gasteiger partial charge in [-0.2, -0.15) is 0 Å². The molecular formula is C23H29ClN4O2. The summed E-state index contributed by atoms with van der Waals surface area (Å²) in [5, 5.41) is 3.43. The van der Waals surface area contributed by atoms with E-state index in [2.05, 4.69) is 29.0 Å². The van der Waals surface area contributed by atoms with Gasteiger partial charge in [0.2, 0.25) is 5.91 Å². The summed E-state index contributed by atoms with van der Waals surface area (Å²) >= 11 is 5.88. The highest BCUT2D eigenvalue weighted by atomic mass is 35.5. The fourth-order valence-corrected chi connectivity index (χ4v) is 3.94. The first-order chi connectivity index (χ1) is 14.3. The Kier molecular flexibility index (Phi) is 7.45. The minimum absolute atomic E-state index is 0.0319. The molecule has 2 amide bonds. The van der Waals surface area contributed by atoms with Crippen molar-refractivity contribution in [2.45, 2.75) is 45.2 Å². The molecule has 1 aliphatic rings. The van der Waals surface area contributed by atoms with Crippen molar-refractivity contribution in [2.75, 3.05) is 25.5 Å². The van der Waals surface area contributed by atoms with E-state index in [0.717, 1.165) is 25.9 Å². The van der Waals surface area contributed by atoms with Gasteiger partial charge in [-0.05, 0) is 63.1 Å². The van der Waals surface area contributed by atoms with E-state index in [1.54, 1.807) is 42.6 Å². The van der Waals surface area contributed by atoms with Crippen LogP contribution in [0.25, 0.3) is 0 Å². The number of rotatable bonds is 6. The number of nitrogens with one attached hydrogen (secondary N) is 1. The fourth-order valence-electron chi connectivity index (χ4n) is 3.81. The van der Waals surface area contributed by atoms with Crippen LogP contribution in [0.3, 0.4) is 0 Å². The first kappa shape index (κ1) is 22.2. The highest BCUT2D eigenvalue weighted by Crippen LogP contribution is 2.20. The second-order valence-electron chi connectivity index (χ2n) is 8.01. The molecule has 0 unspecified atom stereocenters. The predicted octanol–water partition coefficient (Wildman–Crippen LogP) is 3.86. The van der Waals surface area contributed by atoms with Gasteiger partial charge in [-0.3, -0.25) is 14.6 Å². The van der Waals surface area contributed by atoms with Gasteiger partial charge in [0.15, 0.2) is 0 Å². The van der Waals surface area contributed by atoms with Crippen molar-refractivity contribution in [2.24, 2.45) is 0 Å². The highest BCUT2D eigenvalue weighted by Gasteiger charge is 2.28. The lowest BCUT2D eigenvalue weighted by molar-refractivity contribution is -0.115. The number of pyridine rings is 1. The zero-order valence-corrected chi connectivity index (χ0v) is 18.5. The Morgan fingerprint density at radius 2 is 1.87 bits per heavy atom. The van der Waals surface area contributed by atoms with E-state index >= 15 is 0 Å². The first-order valence-electron chi connectivity index (χ1n) is 10.4. The normalized spacial score (nSPS) is 15.2. The molecule has 30 heavy (non-hydrogen) atoms. The topological polar surface area (TPSA) is 65.5 Å². The van der Waals surface area contributed by atoms with Crippen LogP contribution in [0.5, 0.6) is 0 Å². The van der Waals surface area contributed by atoms with E-state index in [1.165, 1.54) is 0 Å². The fraction of sp³-hybridized carbons (Fsp3) is 0.435. The number of hydrogen-bond acceptors (Lipinski definition) is 4. The Bertz CT molecular complexity index is 877. The van der Waals surface area contributed by atoms with Crippen molar-refractivity contribution in [1.29, 1.82) is 0 Å². The third-order valence-corrected chi connectivity index (χ3v) is 5.93. The van der Waals surface area contributed by atoms with Crippen molar-refractivity contribution in [1.82, 2.24) is 14.8 Å². The Hall–Kier alpha value is -2.44. The van der Waals surface area contributed by atoms with Gasteiger partial charge in [0.1, 0.15) is 0 Å². The van der Waals surface area contributed by atoms with Crippen LogP contribution >= 0.6 is 11.6 Å². The lowest BCUT2D eigenvalue weighted by Gasteiger charge is -2.38. The van der Waals surface area contributed by atoms with Crippen molar-refractivity contribution >= 4 is 29.1 Å². The summed E-state index contributed by atoms with van der Waals surface area (Å²) in [4.78, 5) is 34.3. The van der Waals surface area contributed by atoms with Crippen LogP contribution < -0.4 is 5.32 Å². The average Bonchev–Trinajstić information content (AvgIpc) is 2.75. The van der Waals surface area contributed by atoms with Crippen molar-refractivity contribution in [3.8, 4) is 0 Å². The van der Waals surface area contributed by atoms with Crippen molar-refractivity contribution in [3.05, 3.63) is 58.9 Å². The van der Waals surface area contributed by atoms with E-state index in [0.29, 0.717) is 28.0 Å². The summed E-state index contributed by atoms with van der Waals surface area (Å²) in [6.45, 7) is 6.38. The first-order valence-corrected chi connectivity index (χ1v) is 10.7.